The molecule has 0 spiro atoms. The Bertz CT molecular complexity index is 910. The van der Waals surface area contributed by atoms with Crippen LogP contribution in [0.2, 0.25) is 0 Å². The number of amides is 1. The molecule has 0 aromatic carbocycles. The van der Waals surface area contributed by atoms with Crippen molar-refractivity contribution >= 4 is 23.1 Å². The summed E-state index contributed by atoms with van der Waals surface area (Å²) in [5, 5.41) is 0. The molecule has 2 N–H and O–H groups in total. The molecule has 146 valence electrons. The molecule has 0 bridgehead atoms. The first kappa shape index (κ1) is 18.9. The number of nitrogens with zero attached hydrogens (tertiary/aromatic N) is 2. The fraction of sp³-hybridized carbons (Fsp3) is 0.556. The third-order valence-corrected chi connectivity index (χ3v) is 4.44. The minimum Gasteiger partial charge on any atom is -0.464 e. The number of aromatic nitrogens is 3. The van der Waals surface area contributed by atoms with Gasteiger partial charge < -0.3 is 19.4 Å². The van der Waals surface area contributed by atoms with Crippen molar-refractivity contribution in [3.63, 3.8) is 0 Å². The number of carbonyl (C=O) groups excluding carboxylic acids is 2. The van der Waals surface area contributed by atoms with Gasteiger partial charge in [0, 0.05) is 18.7 Å². The Morgan fingerprint density at radius 3 is 2.70 bits per heavy atom. The van der Waals surface area contributed by atoms with Gasteiger partial charge in [0.15, 0.2) is 0 Å². The van der Waals surface area contributed by atoms with E-state index < -0.39 is 17.7 Å². The van der Waals surface area contributed by atoms with Crippen LogP contribution in [0.3, 0.4) is 0 Å². The Hall–Kier alpha value is -2.84. The first-order valence-electron chi connectivity index (χ1n) is 8.86. The molecule has 0 saturated carbocycles. The number of H-pyrrole nitrogens is 2. The third-order valence-electron chi connectivity index (χ3n) is 4.44. The van der Waals surface area contributed by atoms with Crippen LogP contribution in [-0.2, 0) is 14.3 Å². The number of rotatable bonds is 3. The minimum atomic E-state index is -0.661. The van der Waals surface area contributed by atoms with Crippen molar-refractivity contribution in [2.24, 2.45) is 0 Å². The van der Waals surface area contributed by atoms with Gasteiger partial charge in [-0.2, -0.15) is 0 Å². The van der Waals surface area contributed by atoms with E-state index in [-0.39, 0.29) is 24.2 Å². The van der Waals surface area contributed by atoms with Crippen molar-refractivity contribution in [2.45, 2.75) is 58.2 Å². The molecule has 1 aliphatic rings. The molecule has 0 radical (unpaired) electrons. The lowest BCUT2D eigenvalue weighted by atomic mass is 10.1. The van der Waals surface area contributed by atoms with Crippen LogP contribution in [0.4, 0.5) is 4.79 Å². The van der Waals surface area contributed by atoms with Crippen molar-refractivity contribution in [1.82, 2.24) is 19.9 Å². The van der Waals surface area contributed by atoms with Gasteiger partial charge in [-0.1, -0.05) is 0 Å². The SMILES string of the molecule is CC(=O)OC[C@H]1CC[C@@H](c2c[nH]c3c(=O)[nH]cnc23)N1C(=O)OC(C)(C)C. The standard InChI is InChI=1S/C18H24N4O5/c1-10(23)26-8-11-5-6-13(22(11)17(25)27-18(2,3)4)12-7-19-15-14(12)20-9-21-16(15)24/h7,9,11,13,19H,5-6,8H2,1-4H3,(H,20,21,24)/t11-,13+/m1/s1. The molecule has 27 heavy (non-hydrogen) atoms. The molecule has 1 fully saturated rings. The lowest BCUT2D eigenvalue weighted by Gasteiger charge is -2.32. The molecule has 1 saturated heterocycles. The molecule has 0 aliphatic carbocycles. The van der Waals surface area contributed by atoms with E-state index in [2.05, 4.69) is 15.0 Å². The van der Waals surface area contributed by atoms with E-state index in [9.17, 15) is 14.4 Å². The van der Waals surface area contributed by atoms with Crippen LogP contribution < -0.4 is 5.56 Å². The molecule has 1 aliphatic heterocycles. The molecule has 9 nitrogen and oxygen atoms in total. The van der Waals surface area contributed by atoms with Gasteiger partial charge in [-0.25, -0.2) is 9.78 Å². The summed E-state index contributed by atoms with van der Waals surface area (Å²) in [7, 11) is 0. The van der Waals surface area contributed by atoms with E-state index in [1.54, 1.807) is 31.9 Å². The molecule has 2 atom stereocenters. The zero-order valence-electron chi connectivity index (χ0n) is 15.9. The maximum atomic E-state index is 12.9. The van der Waals surface area contributed by atoms with Crippen molar-refractivity contribution in [3.05, 3.63) is 28.4 Å². The Morgan fingerprint density at radius 1 is 1.30 bits per heavy atom. The second kappa shape index (κ2) is 7.05. The minimum absolute atomic E-state index is 0.0987. The summed E-state index contributed by atoms with van der Waals surface area (Å²) in [6.45, 7) is 6.82. The van der Waals surface area contributed by atoms with Crippen molar-refractivity contribution in [1.29, 1.82) is 0 Å². The maximum absolute atomic E-state index is 12.9. The Labute approximate surface area is 156 Å². The second-order valence-electron chi connectivity index (χ2n) is 7.64. The van der Waals surface area contributed by atoms with Crippen LogP contribution >= 0.6 is 0 Å². The Kier molecular flexibility index (Phi) is 4.95. The monoisotopic (exact) mass is 376 g/mol. The van der Waals surface area contributed by atoms with Crippen molar-refractivity contribution in [3.8, 4) is 0 Å². The van der Waals surface area contributed by atoms with Crippen molar-refractivity contribution < 1.29 is 19.1 Å². The molecule has 0 unspecified atom stereocenters. The predicted molar refractivity (Wildman–Crippen MR) is 97.2 cm³/mol. The normalized spacial score (nSPS) is 20.1. The van der Waals surface area contributed by atoms with Crippen LogP contribution in [0.1, 0.15) is 52.1 Å². The number of hydrogen-bond donors (Lipinski definition) is 2. The molecule has 3 heterocycles. The number of carbonyl (C=O) groups is 2. The first-order valence-corrected chi connectivity index (χ1v) is 8.86. The summed E-state index contributed by atoms with van der Waals surface area (Å²) in [5.74, 6) is -0.400. The van der Waals surface area contributed by atoms with Crippen LogP contribution in [-0.4, -0.2) is 50.2 Å². The largest absolute Gasteiger partial charge is 0.464 e. The number of fused-ring (bicyclic) bond motifs is 1. The fourth-order valence-corrected chi connectivity index (χ4v) is 3.38. The predicted octanol–water partition coefficient (Wildman–Crippen LogP) is 2.25. The second-order valence-corrected chi connectivity index (χ2v) is 7.64. The Balaban J connectivity index is 1.96. The highest BCUT2D eigenvalue weighted by molar-refractivity contribution is 5.79. The van der Waals surface area contributed by atoms with Gasteiger partial charge in [0.25, 0.3) is 5.56 Å². The van der Waals surface area contributed by atoms with E-state index in [4.69, 9.17) is 9.47 Å². The summed E-state index contributed by atoms with van der Waals surface area (Å²) in [6, 6.07) is -0.635. The third kappa shape index (κ3) is 3.96. The summed E-state index contributed by atoms with van der Waals surface area (Å²) >= 11 is 0. The van der Waals surface area contributed by atoms with E-state index in [1.165, 1.54) is 13.3 Å². The average Bonchev–Trinajstić information content (AvgIpc) is 3.15. The summed E-state index contributed by atoms with van der Waals surface area (Å²) < 4.78 is 10.7. The van der Waals surface area contributed by atoms with Crippen molar-refractivity contribution in [2.75, 3.05) is 6.61 Å². The number of esters is 1. The van der Waals surface area contributed by atoms with Gasteiger partial charge in [0.2, 0.25) is 0 Å². The molecule has 1 amide bonds. The van der Waals surface area contributed by atoms with Gasteiger partial charge in [-0.15, -0.1) is 0 Å². The van der Waals surface area contributed by atoms with Crippen LogP contribution in [0.25, 0.3) is 11.0 Å². The summed E-state index contributed by atoms with van der Waals surface area (Å²) in [4.78, 5) is 47.4. The number of hydrogen-bond acceptors (Lipinski definition) is 6. The lowest BCUT2D eigenvalue weighted by molar-refractivity contribution is -0.142. The summed E-state index contributed by atoms with van der Waals surface area (Å²) in [5.41, 5.74) is 0.688. The van der Waals surface area contributed by atoms with Gasteiger partial charge in [0.05, 0.1) is 18.4 Å². The number of likely N-dealkylation sites (tertiary alicyclic amines) is 1. The summed E-state index contributed by atoms with van der Waals surface area (Å²) in [6.07, 6.45) is 3.84. The number of aromatic amines is 2. The molecule has 2 aromatic heterocycles. The van der Waals surface area contributed by atoms with Gasteiger partial charge >= 0.3 is 12.1 Å². The zero-order valence-corrected chi connectivity index (χ0v) is 15.9. The quantitative estimate of drug-likeness (QED) is 0.794. The molecular formula is C18H24N4O5. The van der Waals surface area contributed by atoms with Gasteiger partial charge in [0.1, 0.15) is 23.2 Å². The molecule has 9 heteroatoms. The smallest absolute Gasteiger partial charge is 0.411 e. The highest BCUT2D eigenvalue weighted by Gasteiger charge is 2.41. The van der Waals surface area contributed by atoms with Gasteiger partial charge in [-0.05, 0) is 33.6 Å². The van der Waals surface area contributed by atoms with E-state index in [1.807, 2.05) is 0 Å². The average molecular weight is 376 g/mol. The maximum Gasteiger partial charge on any atom is 0.411 e. The van der Waals surface area contributed by atoms with Crippen LogP contribution in [0.5, 0.6) is 0 Å². The number of ether oxygens (including phenoxy) is 2. The highest BCUT2D eigenvalue weighted by Crippen LogP contribution is 2.39. The fourth-order valence-electron chi connectivity index (χ4n) is 3.38. The van der Waals surface area contributed by atoms with Gasteiger partial charge in [-0.3, -0.25) is 14.5 Å². The molecule has 2 aromatic rings. The van der Waals surface area contributed by atoms with E-state index >= 15 is 0 Å². The lowest BCUT2D eigenvalue weighted by Crippen LogP contribution is -2.43. The van der Waals surface area contributed by atoms with E-state index in [0.717, 1.165) is 5.56 Å². The molecular weight excluding hydrogens is 352 g/mol. The topological polar surface area (TPSA) is 117 Å². The molecule has 3 rings (SSSR count). The van der Waals surface area contributed by atoms with Crippen LogP contribution in [0, 0.1) is 0 Å². The first-order chi connectivity index (χ1) is 12.7. The van der Waals surface area contributed by atoms with E-state index in [0.29, 0.717) is 23.9 Å². The number of nitrogens with one attached hydrogen (secondary N) is 2. The Morgan fingerprint density at radius 2 is 2.04 bits per heavy atom. The highest BCUT2D eigenvalue weighted by atomic mass is 16.6. The zero-order chi connectivity index (χ0) is 19.8. The van der Waals surface area contributed by atoms with Crippen LogP contribution in [0.15, 0.2) is 17.3 Å².